The van der Waals surface area contributed by atoms with Crippen LogP contribution >= 0.6 is 11.8 Å². The second kappa shape index (κ2) is 5.71. The number of fused-ring (bicyclic) bond motifs is 1. The Bertz CT molecular complexity index is 624. The van der Waals surface area contributed by atoms with E-state index in [1.54, 1.807) is 22.6 Å². The molecule has 0 saturated carbocycles. The van der Waals surface area contributed by atoms with E-state index in [0.29, 0.717) is 12.2 Å². The summed E-state index contributed by atoms with van der Waals surface area (Å²) in [7, 11) is 1.88. The molecule has 0 bridgehead atoms. The van der Waals surface area contributed by atoms with E-state index in [1.165, 1.54) is 0 Å². The van der Waals surface area contributed by atoms with Crippen molar-refractivity contribution in [2.24, 2.45) is 7.05 Å². The van der Waals surface area contributed by atoms with Crippen LogP contribution in [0.3, 0.4) is 0 Å². The van der Waals surface area contributed by atoms with E-state index in [4.69, 9.17) is 4.74 Å². The summed E-state index contributed by atoms with van der Waals surface area (Å²) in [5.41, 5.74) is 1.09. The standard InChI is InChI=1S/C15H16N2O2S/c1-17-9-11(8-16-17)6-7-12(18)14-10-20-15-5-3-2-4-13(15)19-14/h2-5,8-9,14H,6-7,10H2,1H3. The summed E-state index contributed by atoms with van der Waals surface area (Å²) in [6, 6.07) is 7.86. The number of thioether (sulfide) groups is 1. The van der Waals surface area contributed by atoms with Crippen LogP contribution in [-0.4, -0.2) is 27.4 Å². The molecule has 1 aliphatic heterocycles. The topological polar surface area (TPSA) is 44.1 Å². The third-order valence-corrected chi connectivity index (χ3v) is 4.40. The van der Waals surface area contributed by atoms with Gasteiger partial charge in [0.05, 0.1) is 6.20 Å². The summed E-state index contributed by atoms with van der Waals surface area (Å²) in [5.74, 6) is 1.68. The van der Waals surface area contributed by atoms with E-state index in [0.717, 1.165) is 22.6 Å². The normalized spacial score (nSPS) is 17.4. The molecule has 3 rings (SSSR count). The fraction of sp³-hybridized carbons (Fsp3) is 0.333. The Balaban J connectivity index is 1.59. The molecule has 1 aromatic heterocycles. The summed E-state index contributed by atoms with van der Waals surface area (Å²) in [6.07, 6.45) is 4.64. The number of Topliss-reactive ketones (excluding diaryl/α,β-unsaturated/α-hetero) is 1. The first-order valence-corrected chi connectivity index (χ1v) is 7.59. The summed E-state index contributed by atoms with van der Waals surface area (Å²) in [4.78, 5) is 13.3. The van der Waals surface area contributed by atoms with Gasteiger partial charge in [-0.15, -0.1) is 11.8 Å². The van der Waals surface area contributed by atoms with Crippen molar-refractivity contribution in [3.05, 3.63) is 42.2 Å². The number of ketones is 1. The van der Waals surface area contributed by atoms with Crippen molar-refractivity contribution >= 4 is 17.5 Å². The van der Waals surface area contributed by atoms with Crippen LogP contribution in [0.4, 0.5) is 0 Å². The highest BCUT2D eigenvalue weighted by Gasteiger charge is 2.25. The van der Waals surface area contributed by atoms with E-state index in [1.807, 2.05) is 37.5 Å². The average Bonchev–Trinajstić information content (AvgIpc) is 2.90. The maximum Gasteiger partial charge on any atom is 0.174 e. The number of carbonyl (C=O) groups excluding carboxylic acids is 1. The monoisotopic (exact) mass is 288 g/mol. The first-order chi connectivity index (χ1) is 9.72. The van der Waals surface area contributed by atoms with Gasteiger partial charge < -0.3 is 4.74 Å². The summed E-state index contributed by atoms with van der Waals surface area (Å²) in [6.45, 7) is 0. The first-order valence-electron chi connectivity index (χ1n) is 6.61. The van der Waals surface area contributed by atoms with Gasteiger partial charge in [-0.1, -0.05) is 12.1 Å². The molecule has 0 N–H and O–H groups in total. The van der Waals surface area contributed by atoms with Crippen molar-refractivity contribution in [3.8, 4) is 5.75 Å². The summed E-state index contributed by atoms with van der Waals surface area (Å²) < 4.78 is 7.55. The van der Waals surface area contributed by atoms with Crippen LogP contribution in [0, 0.1) is 0 Å². The predicted molar refractivity (Wildman–Crippen MR) is 78.1 cm³/mol. The van der Waals surface area contributed by atoms with Crippen LogP contribution in [0.2, 0.25) is 0 Å². The lowest BCUT2D eigenvalue weighted by atomic mass is 10.1. The Kier molecular flexibility index (Phi) is 3.78. The second-order valence-electron chi connectivity index (χ2n) is 4.85. The Labute approximate surface area is 122 Å². The lowest BCUT2D eigenvalue weighted by Gasteiger charge is -2.24. The van der Waals surface area contributed by atoms with Crippen LogP contribution in [0.5, 0.6) is 5.75 Å². The van der Waals surface area contributed by atoms with E-state index in [9.17, 15) is 4.79 Å². The van der Waals surface area contributed by atoms with E-state index >= 15 is 0 Å². The fourth-order valence-electron chi connectivity index (χ4n) is 2.21. The largest absolute Gasteiger partial charge is 0.481 e. The molecule has 0 amide bonds. The molecular weight excluding hydrogens is 272 g/mol. The number of rotatable bonds is 4. The molecule has 0 fully saturated rings. The Morgan fingerprint density at radius 3 is 3.15 bits per heavy atom. The number of para-hydroxylation sites is 1. The molecule has 1 atom stereocenters. The van der Waals surface area contributed by atoms with Crippen molar-refractivity contribution in [3.63, 3.8) is 0 Å². The number of ether oxygens (including phenoxy) is 1. The maximum absolute atomic E-state index is 12.2. The smallest absolute Gasteiger partial charge is 0.174 e. The summed E-state index contributed by atoms with van der Waals surface area (Å²) >= 11 is 1.69. The minimum absolute atomic E-state index is 0.163. The van der Waals surface area contributed by atoms with Crippen molar-refractivity contribution in [2.45, 2.75) is 23.8 Å². The van der Waals surface area contributed by atoms with Gasteiger partial charge in [-0.3, -0.25) is 9.48 Å². The van der Waals surface area contributed by atoms with E-state index in [2.05, 4.69) is 5.10 Å². The van der Waals surface area contributed by atoms with Crippen LogP contribution in [-0.2, 0) is 18.3 Å². The van der Waals surface area contributed by atoms with Gasteiger partial charge in [0, 0.05) is 30.3 Å². The van der Waals surface area contributed by atoms with Gasteiger partial charge in [0.15, 0.2) is 11.9 Å². The van der Waals surface area contributed by atoms with Gasteiger partial charge in [0.2, 0.25) is 0 Å². The summed E-state index contributed by atoms with van der Waals surface area (Å²) in [5, 5.41) is 4.11. The molecule has 2 heterocycles. The number of nitrogens with zero attached hydrogens (tertiary/aromatic N) is 2. The van der Waals surface area contributed by atoms with E-state index < -0.39 is 0 Å². The van der Waals surface area contributed by atoms with Gasteiger partial charge in [0.1, 0.15) is 5.75 Å². The molecule has 2 aromatic rings. The highest BCUT2D eigenvalue weighted by molar-refractivity contribution is 7.99. The Hall–Kier alpha value is -1.75. The van der Waals surface area contributed by atoms with Crippen molar-refractivity contribution < 1.29 is 9.53 Å². The second-order valence-corrected chi connectivity index (χ2v) is 5.91. The zero-order valence-corrected chi connectivity index (χ0v) is 12.1. The molecule has 5 heteroatoms. The Morgan fingerprint density at radius 2 is 2.35 bits per heavy atom. The van der Waals surface area contributed by atoms with Crippen molar-refractivity contribution in [1.82, 2.24) is 9.78 Å². The third kappa shape index (κ3) is 2.88. The minimum Gasteiger partial charge on any atom is -0.481 e. The molecule has 20 heavy (non-hydrogen) atoms. The van der Waals surface area contributed by atoms with E-state index in [-0.39, 0.29) is 11.9 Å². The number of hydrogen-bond acceptors (Lipinski definition) is 4. The van der Waals surface area contributed by atoms with Gasteiger partial charge in [-0.25, -0.2) is 0 Å². The molecule has 4 nitrogen and oxygen atoms in total. The molecule has 0 spiro atoms. The average molecular weight is 288 g/mol. The molecule has 1 aliphatic rings. The van der Waals surface area contributed by atoms with Gasteiger partial charge in [-0.2, -0.15) is 5.10 Å². The number of aromatic nitrogens is 2. The molecule has 104 valence electrons. The van der Waals surface area contributed by atoms with Gasteiger partial charge in [-0.05, 0) is 24.1 Å². The van der Waals surface area contributed by atoms with Crippen molar-refractivity contribution in [1.29, 1.82) is 0 Å². The highest BCUT2D eigenvalue weighted by Crippen LogP contribution is 2.35. The Morgan fingerprint density at radius 1 is 1.50 bits per heavy atom. The predicted octanol–water partition coefficient (Wildman–Crippen LogP) is 2.48. The molecular formula is C15H16N2O2S. The number of aryl methyl sites for hydroxylation is 2. The number of hydrogen-bond donors (Lipinski definition) is 0. The van der Waals surface area contributed by atoms with Crippen molar-refractivity contribution in [2.75, 3.05) is 5.75 Å². The zero-order chi connectivity index (χ0) is 13.9. The molecule has 0 saturated heterocycles. The van der Waals surface area contributed by atoms with Gasteiger partial charge >= 0.3 is 0 Å². The SMILES string of the molecule is Cn1cc(CCC(=O)C2CSc3ccccc3O2)cn1. The quantitative estimate of drug-likeness (QED) is 0.867. The highest BCUT2D eigenvalue weighted by atomic mass is 32.2. The molecule has 0 aliphatic carbocycles. The zero-order valence-electron chi connectivity index (χ0n) is 11.3. The van der Waals surface area contributed by atoms with Crippen LogP contribution in [0.1, 0.15) is 12.0 Å². The molecule has 1 aromatic carbocycles. The van der Waals surface area contributed by atoms with Gasteiger partial charge in [0.25, 0.3) is 0 Å². The van der Waals surface area contributed by atoms with Crippen LogP contribution < -0.4 is 4.74 Å². The maximum atomic E-state index is 12.2. The molecule has 1 unspecified atom stereocenters. The fourth-order valence-corrected chi connectivity index (χ4v) is 3.23. The minimum atomic E-state index is -0.327. The third-order valence-electron chi connectivity index (χ3n) is 3.29. The molecule has 0 radical (unpaired) electrons. The van der Waals surface area contributed by atoms with Crippen LogP contribution in [0.15, 0.2) is 41.6 Å². The lowest BCUT2D eigenvalue weighted by Crippen LogP contribution is -2.32. The van der Waals surface area contributed by atoms with Crippen LogP contribution in [0.25, 0.3) is 0 Å². The lowest BCUT2D eigenvalue weighted by molar-refractivity contribution is -0.125. The first kappa shape index (κ1) is 13.2. The number of carbonyl (C=O) groups is 1. The number of benzene rings is 1.